The molecule has 1 heterocycles. The Morgan fingerprint density at radius 2 is 2.18 bits per heavy atom. The topological polar surface area (TPSA) is 34.0 Å². The molecule has 1 aliphatic rings. The number of fused-ring (bicyclic) bond motifs is 1. The molecule has 0 saturated heterocycles. The maximum Gasteiger partial charge on any atom is 0.250 e. The van der Waals surface area contributed by atoms with Crippen molar-refractivity contribution in [2.45, 2.75) is 45.6 Å². The zero-order chi connectivity index (χ0) is 12.1. The van der Waals surface area contributed by atoms with Gasteiger partial charge in [-0.2, -0.15) is 0 Å². The number of aryl methyl sites for hydroxylation is 1. The van der Waals surface area contributed by atoms with Gasteiger partial charge < -0.3 is 9.88 Å². The van der Waals surface area contributed by atoms with Crippen molar-refractivity contribution in [2.75, 3.05) is 13.1 Å². The first kappa shape index (κ1) is 12.4. The van der Waals surface area contributed by atoms with Gasteiger partial charge in [-0.25, -0.2) is 0 Å². The van der Waals surface area contributed by atoms with E-state index in [2.05, 4.69) is 12.2 Å². The van der Waals surface area contributed by atoms with Gasteiger partial charge in [-0.15, -0.1) is 0 Å². The fourth-order valence-electron chi connectivity index (χ4n) is 2.50. The SMILES string of the molecule is CCCCNCCn1c2c(ccc1=O)CCC2. The fraction of sp³-hybridized carbons (Fsp3) is 0.643. The van der Waals surface area contributed by atoms with Gasteiger partial charge in [-0.1, -0.05) is 19.4 Å². The Hall–Kier alpha value is -1.09. The van der Waals surface area contributed by atoms with Crippen LogP contribution >= 0.6 is 0 Å². The van der Waals surface area contributed by atoms with Crippen LogP contribution in [0.4, 0.5) is 0 Å². The van der Waals surface area contributed by atoms with Crippen molar-refractivity contribution in [2.24, 2.45) is 0 Å². The molecular formula is C14H22N2O. The van der Waals surface area contributed by atoms with Gasteiger partial charge >= 0.3 is 0 Å². The van der Waals surface area contributed by atoms with Crippen molar-refractivity contribution < 1.29 is 0 Å². The Kier molecular flexibility index (Phi) is 4.37. The number of aromatic nitrogens is 1. The van der Waals surface area contributed by atoms with E-state index in [9.17, 15) is 4.79 Å². The minimum atomic E-state index is 0.156. The Morgan fingerprint density at radius 3 is 3.00 bits per heavy atom. The third-order valence-corrected chi connectivity index (χ3v) is 3.47. The normalized spacial score (nSPS) is 13.9. The summed E-state index contributed by atoms with van der Waals surface area (Å²) in [6, 6.07) is 3.72. The highest BCUT2D eigenvalue weighted by molar-refractivity contribution is 5.25. The van der Waals surface area contributed by atoms with E-state index in [0.717, 1.165) is 32.5 Å². The first-order valence-electron chi connectivity index (χ1n) is 6.75. The van der Waals surface area contributed by atoms with E-state index in [0.29, 0.717) is 0 Å². The van der Waals surface area contributed by atoms with Crippen molar-refractivity contribution in [1.29, 1.82) is 0 Å². The third kappa shape index (κ3) is 2.97. The summed E-state index contributed by atoms with van der Waals surface area (Å²) in [6.45, 7) is 4.96. The summed E-state index contributed by atoms with van der Waals surface area (Å²) < 4.78 is 1.96. The zero-order valence-corrected chi connectivity index (χ0v) is 10.7. The molecule has 0 radical (unpaired) electrons. The fourth-order valence-corrected chi connectivity index (χ4v) is 2.50. The minimum absolute atomic E-state index is 0.156. The van der Waals surface area contributed by atoms with Gasteiger partial charge in [-0.3, -0.25) is 4.79 Å². The highest BCUT2D eigenvalue weighted by atomic mass is 16.1. The molecule has 0 aromatic carbocycles. The number of pyridine rings is 1. The second-order valence-electron chi connectivity index (χ2n) is 4.75. The molecule has 3 nitrogen and oxygen atoms in total. The van der Waals surface area contributed by atoms with Crippen LogP contribution in [0.5, 0.6) is 0 Å². The lowest BCUT2D eigenvalue weighted by Crippen LogP contribution is -2.29. The molecule has 2 rings (SSSR count). The van der Waals surface area contributed by atoms with Gasteiger partial charge in [0.25, 0.3) is 5.56 Å². The smallest absolute Gasteiger partial charge is 0.250 e. The quantitative estimate of drug-likeness (QED) is 0.761. The largest absolute Gasteiger partial charge is 0.315 e. The van der Waals surface area contributed by atoms with Crippen molar-refractivity contribution >= 4 is 0 Å². The first-order chi connectivity index (χ1) is 8.33. The van der Waals surface area contributed by atoms with Gasteiger partial charge in [0.15, 0.2) is 0 Å². The summed E-state index contributed by atoms with van der Waals surface area (Å²) in [6.07, 6.45) is 5.83. The summed E-state index contributed by atoms with van der Waals surface area (Å²) in [5.74, 6) is 0. The molecule has 0 atom stereocenters. The average molecular weight is 234 g/mol. The molecule has 0 unspecified atom stereocenters. The Balaban J connectivity index is 1.96. The van der Waals surface area contributed by atoms with Crippen LogP contribution in [0.25, 0.3) is 0 Å². The lowest BCUT2D eigenvalue weighted by Gasteiger charge is -2.12. The molecule has 94 valence electrons. The molecule has 17 heavy (non-hydrogen) atoms. The van der Waals surface area contributed by atoms with Gasteiger partial charge in [-0.05, 0) is 37.8 Å². The highest BCUT2D eigenvalue weighted by Gasteiger charge is 2.14. The van der Waals surface area contributed by atoms with E-state index >= 15 is 0 Å². The van der Waals surface area contributed by atoms with Gasteiger partial charge in [0.1, 0.15) is 0 Å². The molecule has 0 amide bonds. The lowest BCUT2D eigenvalue weighted by molar-refractivity contribution is 0.558. The second kappa shape index (κ2) is 6.01. The molecule has 0 aliphatic heterocycles. The highest BCUT2D eigenvalue weighted by Crippen LogP contribution is 2.19. The van der Waals surface area contributed by atoms with Crippen LogP contribution in [0.2, 0.25) is 0 Å². The van der Waals surface area contributed by atoms with Crippen LogP contribution in [0.1, 0.15) is 37.4 Å². The van der Waals surface area contributed by atoms with Crippen LogP contribution in [-0.2, 0) is 19.4 Å². The third-order valence-electron chi connectivity index (χ3n) is 3.47. The summed E-state index contributed by atoms with van der Waals surface area (Å²) >= 11 is 0. The van der Waals surface area contributed by atoms with Crippen molar-refractivity contribution in [1.82, 2.24) is 9.88 Å². The molecule has 1 N–H and O–H groups in total. The summed E-state index contributed by atoms with van der Waals surface area (Å²) in [7, 11) is 0. The van der Waals surface area contributed by atoms with E-state index in [1.165, 1.54) is 30.5 Å². The average Bonchev–Trinajstić information content (AvgIpc) is 2.79. The van der Waals surface area contributed by atoms with Gasteiger partial charge in [0.2, 0.25) is 0 Å². The summed E-state index contributed by atoms with van der Waals surface area (Å²) in [4.78, 5) is 11.8. The number of rotatable bonds is 6. The number of nitrogens with one attached hydrogen (secondary N) is 1. The van der Waals surface area contributed by atoms with E-state index in [-0.39, 0.29) is 5.56 Å². The van der Waals surface area contributed by atoms with Gasteiger partial charge in [0, 0.05) is 24.8 Å². The maximum absolute atomic E-state index is 11.8. The second-order valence-corrected chi connectivity index (χ2v) is 4.75. The van der Waals surface area contributed by atoms with Gasteiger partial charge in [0.05, 0.1) is 0 Å². The number of hydrogen-bond acceptors (Lipinski definition) is 2. The molecule has 0 bridgehead atoms. The maximum atomic E-state index is 11.8. The van der Waals surface area contributed by atoms with Crippen LogP contribution in [0.15, 0.2) is 16.9 Å². The van der Waals surface area contributed by atoms with E-state index in [4.69, 9.17) is 0 Å². The lowest BCUT2D eigenvalue weighted by atomic mass is 10.2. The van der Waals surface area contributed by atoms with Crippen LogP contribution in [0, 0.1) is 0 Å². The monoisotopic (exact) mass is 234 g/mol. The predicted molar refractivity (Wildman–Crippen MR) is 70.5 cm³/mol. The molecule has 1 aliphatic carbocycles. The molecular weight excluding hydrogens is 212 g/mol. The standard InChI is InChI=1S/C14H22N2O/c1-2-3-9-15-10-11-16-13-6-4-5-12(13)7-8-14(16)17/h7-8,15H,2-6,9-11H2,1H3. The van der Waals surface area contributed by atoms with E-state index < -0.39 is 0 Å². The molecule has 0 spiro atoms. The Morgan fingerprint density at radius 1 is 1.29 bits per heavy atom. The molecule has 1 aromatic rings. The Labute approximate surface area is 103 Å². The zero-order valence-electron chi connectivity index (χ0n) is 10.7. The van der Waals surface area contributed by atoms with Crippen molar-refractivity contribution in [3.05, 3.63) is 33.7 Å². The van der Waals surface area contributed by atoms with Crippen molar-refractivity contribution in [3.63, 3.8) is 0 Å². The summed E-state index contributed by atoms with van der Waals surface area (Å²) in [5, 5.41) is 3.39. The first-order valence-corrected chi connectivity index (χ1v) is 6.75. The van der Waals surface area contributed by atoms with E-state index in [1.54, 1.807) is 6.07 Å². The number of hydrogen-bond donors (Lipinski definition) is 1. The summed E-state index contributed by atoms with van der Waals surface area (Å²) in [5.41, 5.74) is 2.80. The number of nitrogens with zero attached hydrogens (tertiary/aromatic N) is 1. The minimum Gasteiger partial charge on any atom is -0.315 e. The van der Waals surface area contributed by atoms with Crippen LogP contribution in [0.3, 0.4) is 0 Å². The predicted octanol–water partition coefficient (Wildman–Crippen LogP) is 1.73. The molecule has 3 heteroatoms. The number of unbranched alkanes of at least 4 members (excludes halogenated alkanes) is 1. The van der Waals surface area contributed by atoms with Crippen LogP contribution in [-0.4, -0.2) is 17.7 Å². The molecule has 0 fully saturated rings. The Bertz CT molecular complexity index is 423. The molecule has 1 aromatic heterocycles. The molecule has 0 saturated carbocycles. The van der Waals surface area contributed by atoms with Crippen LogP contribution < -0.4 is 10.9 Å². The van der Waals surface area contributed by atoms with Crippen molar-refractivity contribution in [3.8, 4) is 0 Å². The van der Waals surface area contributed by atoms with E-state index in [1.807, 2.05) is 10.6 Å².